The summed E-state index contributed by atoms with van der Waals surface area (Å²) in [5.74, 6) is 0. The van der Waals surface area contributed by atoms with Gasteiger partial charge in [0.15, 0.2) is 0 Å². The van der Waals surface area contributed by atoms with Crippen LogP contribution >= 0.6 is 0 Å². The van der Waals surface area contributed by atoms with Gasteiger partial charge in [0.25, 0.3) is 0 Å². The zero-order valence-electron chi connectivity index (χ0n) is 9.64. The highest BCUT2D eigenvalue weighted by molar-refractivity contribution is 5.88. The Balaban J connectivity index is 2.36. The zero-order chi connectivity index (χ0) is 11.7. The number of hydrogen-bond acceptors (Lipinski definition) is 4. The molecule has 0 saturated carbocycles. The van der Waals surface area contributed by atoms with Crippen molar-refractivity contribution in [2.75, 3.05) is 32.1 Å². The first-order valence-electron chi connectivity index (χ1n) is 5.23. The fourth-order valence-electron chi connectivity index (χ4n) is 1.63. The van der Waals surface area contributed by atoms with Crippen LogP contribution in [0.2, 0.25) is 0 Å². The van der Waals surface area contributed by atoms with Gasteiger partial charge in [-0.25, -0.2) is 0 Å². The number of likely N-dealkylation sites (N-methyl/N-ethyl adjacent to an activating group) is 1. The minimum Gasteiger partial charge on any atom is -0.397 e. The van der Waals surface area contributed by atoms with Gasteiger partial charge in [0.1, 0.15) is 0 Å². The molecule has 0 spiro atoms. The van der Waals surface area contributed by atoms with Gasteiger partial charge in [-0.2, -0.15) is 5.10 Å². The molecule has 2 aromatic rings. The third-order valence-electron chi connectivity index (χ3n) is 2.61. The number of nitrogens with two attached hydrogens (primary N) is 2. The molecule has 0 bridgehead atoms. The van der Waals surface area contributed by atoms with E-state index in [1.165, 1.54) is 0 Å². The summed E-state index contributed by atoms with van der Waals surface area (Å²) in [6.45, 7) is 1.79. The highest BCUT2D eigenvalue weighted by Crippen LogP contribution is 2.23. The second-order valence-corrected chi connectivity index (χ2v) is 4.21. The molecule has 4 N–H and O–H groups in total. The van der Waals surface area contributed by atoms with Crippen LogP contribution in [0.4, 0.5) is 11.4 Å². The van der Waals surface area contributed by atoms with Gasteiger partial charge < -0.3 is 16.4 Å². The highest BCUT2D eigenvalue weighted by Gasteiger charge is 2.05. The summed E-state index contributed by atoms with van der Waals surface area (Å²) in [6, 6.07) is 3.75. The van der Waals surface area contributed by atoms with E-state index in [1.807, 2.05) is 37.1 Å². The van der Waals surface area contributed by atoms with Crippen molar-refractivity contribution in [1.29, 1.82) is 0 Å². The monoisotopic (exact) mass is 219 g/mol. The van der Waals surface area contributed by atoms with Gasteiger partial charge in [-0.1, -0.05) is 0 Å². The number of aromatic nitrogens is 2. The van der Waals surface area contributed by atoms with Crippen LogP contribution in [0, 0.1) is 0 Å². The van der Waals surface area contributed by atoms with Crippen LogP contribution in [0.3, 0.4) is 0 Å². The quantitative estimate of drug-likeness (QED) is 0.748. The maximum Gasteiger partial charge on any atom is 0.0705 e. The molecule has 16 heavy (non-hydrogen) atoms. The second-order valence-electron chi connectivity index (χ2n) is 4.21. The number of fused-ring (bicyclic) bond motifs is 1. The van der Waals surface area contributed by atoms with E-state index in [0.717, 1.165) is 24.0 Å². The molecule has 0 fully saturated rings. The minimum absolute atomic E-state index is 0.610. The van der Waals surface area contributed by atoms with Crippen molar-refractivity contribution in [3.63, 3.8) is 0 Å². The molecule has 2 rings (SSSR count). The summed E-state index contributed by atoms with van der Waals surface area (Å²) in [5.41, 5.74) is 13.8. The maximum atomic E-state index is 5.79. The molecular formula is C11H17N5. The van der Waals surface area contributed by atoms with Gasteiger partial charge in [-0.05, 0) is 26.2 Å². The van der Waals surface area contributed by atoms with E-state index in [0.29, 0.717) is 11.4 Å². The summed E-state index contributed by atoms with van der Waals surface area (Å²) in [5, 5.41) is 5.36. The lowest BCUT2D eigenvalue weighted by atomic mass is 10.2. The first-order chi connectivity index (χ1) is 7.58. The van der Waals surface area contributed by atoms with Crippen LogP contribution in [0.1, 0.15) is 0 Å². The van der Waals surface area contributed by atoms with E-state index in [9.17, 15) is 0 Å². The Bertz CT molecular complexity index is 500. The van der Waals surface area contributed by atoms with Crippen LogP contribution in [-0.2, 0) is 6.54 Å². The first kappa shape index (κ1) is 10.8. The minimum atomic E-state index is 0.610. The predicted molar refractivity (Wildman–Crippen MR) is 67.1 cm³/mol. The number of benzene rings is 1. The average molecular weight is 219 g/mol. The maximum absolute atomic E-state index is 5.79. The van der Waals surface area contributed by atoms with Gasteiger partial charge in [0.2, 0.25) is 0 Å². The molecule has 1 aromatic heterocycles. The van der Waals surface area contributed by atoms with Crippen LogP contribution in [0.25, 0.3) is 10.9 Å². The molecule has 0 saturated heterocycles. The third-order valence-corrected chi connectivity index (χ3v) is 2.61. The largest absolute Gasteiger partial charge is 0.397 e. The van der Waals surface area contributed by atoms with Gasteiger partial charge in [-0.3, -0.25) is 4.68 Å². The number of hydrogen-bond donors (Lipinski definition) is 2. The van der Waals surface area contributed by atoms with Crippen molar-refractivity contribution in [3.05, 3.63) is 18.3 Å². The molecule has 0 radical (unpaired) electrons. The molecule has 1 heterocycles. The van der Waals surface area contributed by atoms with Crippen LogP contribution in [-0.4, -0.2) is 35.3 Å². The lowest BCUT2D eigenvalue weighted by Gasteiger charge is -2.10. The van der Waals surface area contributed by atoms with Crippen molar-refractivity contribution >= 4 is 22.3 Å². The summed E-state index contributed by atoms with van der Waals surface area (Å²) in [6.07, 6.45) is 1.82. The van der Waals surface area contributed by atoms with Crippen molar-refractivity contribution in [3.8, 4) is 0 Å². The lowest BCUT2D eigenvalue weighted by Crippen LogP contribution is -2.18. The Morgan fingerprint density at radius 2 is 1.94 bits per heavy atom. The smallest absolute Gasteiger partial charge is 0.0705 e. The Morgan fingerprint density at radius 1 is 1.25 bits per heavy atom. The molecular weight excluding hydrogens is 202 g/mol. The number of nitrogen functional groups attached to an aromatic ring is 2. The van der Waals surface area contributed by atoms with Gasteiger partial charge in [0.05, 0.1) is 29.6 Å². The molecule has 0 atom stereocenters. The Hall–Kier alpha value is -1.75. The number of rotatable bonds is 3. The summed E-state index contributed by atoms with van der Waals surface area (Å²) in [4.78, 5) is 2.12. The highest BCUT2D eigenvalue weighted by atomic mass is 15.3. The summed E-state index contributed by atoms with van der Waals surface area (Å²) < 4.78 is 1.95. The standard InChI is InChI=1S/C11H17N5/c1-15(2)3-4-16-11-6-10(13)9(12)5-8(11)7-14-16/h5-7H,3-4,12-13H2,1-2H3. The van der Waals surface area contributed by atoms with E-state index in [-0.39, 0.29) is 0 Å². The Labute approximate surface area is 94.6 Å². The van der Waals surface area contributed by atoms with Crippen molar-refractivity contribution in [2.24, 2.45) is 0 Å². The predicted octanol–water partition coefficient (Wildman–Crippen LogP) is 0.762. The average Bonchev–Trinajstić information content (AvgIpc) is 2.58. The number of nitrogens with zero attached hydrogens (tertiary/aromatic N) is 3. The van der Waals surface area contributed by atoms with Gasteiger partial charge in [0, 0.05) is 11.9 Å². The van der Waals surface area contributed by atoms with E-state index in [1.54, 1.807) is 0 Å². The molecule has 0 aliphatic rings. The molecule has 0 aliphatic carbocycles. The van der Waals surface area contributed by atoms with E-state index in [2.05, 4.69) is 10.00 Å². The number of anilines is 2. The lowest BCUT2D eigenvalue weighted by molar-refractivity contribution is 0.377. The Kier molecular flexibility index (Phi) is 2.70. The topological polar surface area (TPSA) is 73.1 Å². The van der Waals surface area contributed by atoms with Crippen molar-refractivity contribution in [1.82, 2.24) is 14.7 Å². The zero-order valence-corrected chi connectivity index (χ0v) is 9.64. The first-order valence-corrected chi connectivity index (χ1v) is 5.23. The normalized spacial score (nSPS) is 11.4. The van der Waals surface area contributed by atoms with Gasteiger partial charge in [-0.15, -0.1) is 0 Å². The fraction of sp³-hybridized carbons (Fsp3) is 0.364. The van der Waals surface area contributed by atoms with Crippen LogP contribution < -0.4 is 11.5 Å². The summed E-state index contributed by atoms with van der Waals surface area (Å²) >= 11 is 0. The molecule has 5 nitrogen and oxygen atoms in total. The third kappa shape index (κ3) is 1.94. The van der Waals surface area contributed by atoms with Crippen molar-refractivity contribution in [2.45, 2.75) is 6.54 Å². The van der Waals surface area contributed by atoms with E-state index < -0.39 is 0 Å². The van der Waals surface area contributed by atoms with Crippen molar-refractivity contribution < 1.29 is 0 Å². The molecule has 0 unspecified atom stereocenters. The van der Waals surface area contributed by atoms with E-state index >= 15 is 0 Å². The molecule has 1 aromatic carbocycles. The molecule has 5 heteroatoms. The Morgan fingerprint density at radius 3 is 2.62 bits per heavy atom. The second kappa shape index (κ2) is 4.02. The SMILES string of the molecule is CN(C)CCn1ncc2cc(N)c(N)cc21. The van der Waals surface area contributed by atoms with Crippen LogP contribution in [0.5, 0.6) is 0 Å². The molecule has 0 aliphatic heterocycles. The molecule has 86 valence electrons. The van der Waals surface area contributed by atoms with E-state index in [4.69, 9.17) is 11.5 Å². The fourth-order valence-corrected chi connectivity index (χ4v) is 1.63. The van der Waals surface area contributed by atoms with Gasteiger partial charge >= 0.3 is 0 Å². The summed E-state index contributed by atoms with van der Waals surface area (Å²) in [7, 11) is 4.08. The van der Waals surface area contributed by atoms with Crippen LogP contribution in [0.15, 0.2) is 18.3 Å². The molecule has 0 amide bonds.